The van der Waals surface area contributed by atoms with Crippen molar-refractivity contribution >= 4 is 11.9 Å². The number of rotatable bonds is 5. The van der Waals surface area contributed by atoms with Crippen LogP contribution in [0.5, 0.6) is 0 Å². The van der Waals surface area contributed by atoms with E-state index in [0.717, 1.165) is 5.56 Å². The van der Waals surface area contributed by atoms with Crippen molar-refractivity contribution in [1.82, 2.24) is 9.97 Å². The van der Waals surface area contributed by atoms with E-state index in [1.54, 1.807) is 6.20 Å². The number of hydrogen-bond donors (Lipinski definition) is 0. The molecule has 1 aliphatic rings. The molecule has 7 nitrogen and oxygen atoms in total. The van der Waals surface area contributed by atoms with Gasteiger partial charge >= 0.3 is 6.09 Å². The summed E-state index contributed by atoms with van der Waals surface area (Å²) in [6.07, 6.45) is 3.55. The van der Waals surface area contributed by atoms with Gasteiger partial charge in [0.25, 0.3) is 0 Å². The largest absolute Gasteiger partial charge is 0.444 e. The number of hydrogen-bond acceptors (Lipinski definition) is 6. The molecule has 120 valence electrons. The fraction of sp³-hybridized carbons (Fsp3) is 0.312. The van der Waals surface area contributed by atoms with E-state index >= 15 is 0 Å². The molecule has 0 atom stereocenters. The average molecular weight is 315 g/mol. The highest BCUT2D eigenvalue weighted by molar-refractivity contribution is 5.86. The van der Waals surface area contributed by atoms with Crippen molar-refractivity contribution in [3.63, 3.8) is 0 Å². The van der Waals surface area contributed by atoms with Crippen LogP contribution in [0.15, 0.2) is 48.9 Å². The van der Waals surface area contributed by atoms with Crippen molar-refractivity contribution in [3.05, 3.63) is 54.5 Å². The Morgan fingerprint density at radius 1 is 1.22 bits per heavy atom. The SMILES string of the molecule is O=C(OCc1ccccc1)N(CC1OCCO1)c1cnccn1. The third-order valence-corrected chi connectivity index (χ3v) is 3.27. The van der Waals surface area contributed by atoms with Gasteiger partial charge in [-0.05, 0) is 5.56 Å². The fourth-order valence-electron chi connectivity index (χ4n) is 2.15. The number of anilines is 1. The van der Waals surface area contributed by atoms with Crippen molar-refractivity contribution in [3.8, 4) is 0 Å². The Kier molecular flexibility index (Phi) is 5.13. The van der Waals surface area contributed by atoms with Gasteiger partial charge in [0.15, 0.2) is 12.1 Å². The maximum atomic E-state index is 12.4. The predicted octanol–water partition coefficient (Wildman–Crippen LogP) is 1.99. The highest BCUT2D eigenvalue weighted by atomic mass is 16.7. The third kappa shape index (κ3) is 4.24. The normalized spacial score (nSPS) is 14.6. The first-order valence-corrected chi connectivity index (χ1v) is 7.30. The van der Waals surface area contributed by atoms with Crippen molar-refractivity contribution in [2.45, 2.75) is 12.9 Å². The Balaban J connectivity index is 1.67. The second-order valence-electron chi connectivity index (χ2n) is 4.89. The zero-order chi connectivity index (χ0) is 15.9. The minimum Gasteiger partial charge on any atom is -0.444 e. The van der Waals surface area contributed by atoms with Crippen LogP contribution in [0, 0.1) is 0 Å². The van der Waals surface area contributed by atoms with Gasteiger partial charge in [-0.15, -0.1) is 0 Å². The van der Waals surface area contributed by atoms with E-state index in [0.29, 0.717) is 19.0 Å². The van der Waals surface area contributed by atoms with Gasteiger partial charge in [-0.25, -0.2) is 9.78 Å². The fourth-order valence-corrected chi connectivity index (χ4v) is 2.15. The van der Waals surface area contributed by atoms with Crippen LogP contribution >= 0.6 is 0 Å². The van der Waals surface area contributed by atoms with Gasteiger partial charge < -0.3 is 14.2 Å². The lowest BCUT2D eigenvalue weighted by Crippen LogP contribution is -2.39. The van der Waals surface area contributed by atoms with Crippen LogP contribution in [-0.2, 0) is 20.8 Å². The minimum atomic E-state index is -0.520. The van der Waals surface area contributed by atoms with Crippen LogP contribution in [0.4, 0.5) is 10.6 Å². The molecule has 1 saturated heterocycles. The van der Waals surface area contributed by atoms with Crippen molar-refractivity contribution in [1.29, 1.82) is 0 Å². The molecule has 2 heterocycles. The molecule has 1 fully saturated rings. The zero-order valence-corrected chi connectivity index (χ0v) is 12.5. The van der Waals surface area contributed by atoms with E-state index in [9.17, 15) is 4.79 Å². The van der Waals surface area contributed by atoms with Gasteiger partial charge in [0.05, 0.1) is 26.0 Å². The summed E-state index contributed by atoms with van der Waals surface area (Å²) in [5.74, 6) is 0.393. The molecule has 1 aliphatic heterocycles. The first-order valence-electron chi connectivity index (χ1n) is 7.30. The monoisotopic (exact) mass is 315 g/mol. The summed E-state index contributed by atoms with van der Waals surface area (Å²) in [5.41, 5.74) is 0.910. The van der Waals surface area contributed by atoms with Gasteiger partial charge in [0.2, 0.25) is 0 Å². The van der Waals surface area contributed by atoms with Gasteiger partial charge in [0, 0.05) is 12.4 Å². The van der Waals surface area contributed by atoms with Crippen LogP contribution < -0.4 is 4.90 Å². The number of carbonyl (C=O) groups excluding carboxylic acids is 1. The molecular formula is C16H17N3O4. The van der Waals surface area contributed by atoms with E-state index in [1.807, 2.05) is 30.3 Å². The maximum absolute atomic E-state index is 12.4. The quantitative estimate of drug-likeness (QED) is 0.840. The molecular weight excluding hydrogens is 298 g/mol. The molecule has 1 amide bonds. The Hall–Kier alpha value is -2.51. The van der Waals surface area contributed by atoms with E-state index in [1.165, 1.54) is 17.3 Å². The summed E-state index contributed by atoms with van der Waals surface area (Å²) in [6.45, 7) is 1.41. The highest BCUT2D eigenvalue weighted by Crippen LogP contribution is 2.15. The number of nitrogens with zero attached hydrogens (tertiary/aromatic N) is 3. The second-order valence-corrected chi connectivity index (χ2v) is 4.89. The third-order valence-electron chi connectivity index (χ3n) is 3.27. The Labute approximate surface area is 133 Å². The predicted molar refractivity (Wildman–Crippen MR) is 81.7 cm³/mol. The first kappa shape index (κ1) is 15.4. The van der Waals surface area contributed by atoms with Gasteiger partial charge in [-0.1, -0.05) is 30.3 Å². The lowest BCUT2D eigenvalue weighted by Gasteiger charge is -2.23. The summed E-state index contributed by atoms with van der Waals surface area (Å²) >= 11 is 0. The molecule has 0 unspecified atom stereocenters. The topological polar surface area (TPSA) is 73.8 Å². The van der Waals surface area contributed by atoms with Gasteiger partial charge in [-0.2, -0.15) is 0 Å². The molecule has 23 heavy (non-hydrogen) atoms. The van der Waals surface area contributed by atoms with Crippen molar-refractivity contribution < 1.29 is 19.0 Å². The summed E-state index contributed by atoms with van der Waals surface area (Å²) in [7, 11) is 0. The molecule has 2 aromatic rings. The van der Waals surface area contributed by atoms with E-state index in [2.05, 4.69) is 9.97 Å². The van der Waals surface area contributed by atoms with Crippen LogP contribution in [0.1, 0.15) is 5.56 Å². The Morgan fingerprint density at radius 3 is 2.70 bits per heavy atom. The molecule has 0 N–H and O–H groups in total. The standard InChI is InChI=1S/C16H17N3O4/c20-16(23-12-13-4-2-1-3-5-13)19(11-15-21-8-9-22-15)14-10-17-6-7-18-14/h1-7,10,15H,8-9,11-12H2. The molecule has 0 bridgehead atoms. The van der Waals surface area contributed by atoms with Crippen molar-refractivity contribution in [2.75, 3.05) is 24.7 Å². The second kappa shape index (κ2) is 7.66. The summed E-state index contributed by atoms with van der Waals surface area (Å²) in [4.78, 5) is 21.9. The lowest BCUT2D eigenvalue weighted by atomic mass is 10.2. The van der Waals surface area contributed by atoms with E-state index < -0.39 is 12.4 Å². The molecule has 3 rings (SSSR count). The molecule has 7 heteroatoms. The first-order chi connectivity index (χ1) is 11.3. The van der Waals surface area contributed by atoms with Crippen molar-refractivity contribution in [2.24, 2.45) is 0 Å². The van der Waals surface area contributed by atoms with Crippen LogP contribution in [0.25, 0.3) is 0 Å². The Bertz CT molecular complexity index is 618. The smallest absolute Gasteiger partial charge is 0.416 e. The number of carbonyl (C=O) groups is 1. The molecule has 0 saturated carbocycles. The molecule has 0 radical (unpaired) electrons. The van der Waals surface area contributed by atoms with Crippen LogP contribution in [0.2, 0.25) is 0 Å². The summed E-state index contributed by atoms with van der Waals surface area (Å²) in [6, 6.07) is 9.48. The molecule has 1 aromatic carbocycles. The maximum Gasteiger partial charge on any atom is 0.416 e. The van der Waals surface area contributed by atoms with E-state index in [4.69, 9.17) is 14.2 Å². The van der Waals surface area contributed by atoms with Crippen LogP contribution in [-0.4, -0.2) is 42.1 Å². The summed E-state index contributed by atoms with van der Waals surface area (Å²) in [5, 5.41) is 0. The minimum absolute atomic E-state index is 0.183. The summed E-state index contributed by atoms with van der Waals surface area (Å²) < 4.78 is 16.2. The molecule has 1 aromatic heterocycles. The number of amides is 1. The van der Waals surface area contributed by atoms with Gasteiger partial charge in [0.1, 0.15) is 6.61 Å². The number of benzene rings is 1. The molecule has 0 spiro atoms. The van der Waals surface area contributed by atoms with Gasteiger partial charge in [-0.3, -0.25) is 9.88 Å². The zero-order valence-electron chi connectivity index (χ0n) is 12.5. The highest BCUT2D eigenvalue weighted by Gasteiger charge is 2.26. The lowest BCUT2D eigenvalue weighted by molar-refractivity contribution is -0.0344. The van der Waals surface area contributed by atoms with E-state index in [-0.39, 0.29) is 13.2 Å². The average Bonchev–Trinajstić information content (AvgIpc) is 3.12. The Morgan fingerprint density at radius 2 is 2.00 bits per heavy atom. The number of aromatic nitrogens is 2. The van der Waals surface area contributed by atoms with Crippen LogP contribution in [0.3, 0.4) is 0 Å². The molecule has 0 aliphatic carbocycles. The number of ether oxygens (including phenoxy) is 3.